The minimum atomic E-state index is -0.443. The Labute approximate surface area is 150 Å². The molecular weight excluding hydrogens is 330 g/mol. The van der Waals surface area contributed by atoms with E-state index in [1.807, 2.05) is 47.4 Å². The van der Waals surface area contributed by atoms with Crippen molar-refractivity contribution in [2.75, 3.05) is 26.2 Å². The van der Waals surface area contributed by atoms with Crippen molar-refractivity contribution in [3.05, 3.63) is 59.9 Å². The van der Waals surface area contributed by atoms with Crippen molar-refractivity contribution < 1.29 is 9.53 Å². The van der Waals surface area contributed by atoms with E-state index in [0.717, 1.165) is 16.3 Å². The molecule has 2 aliphatic rings. The number of ether oxygens (including phenoxy) is 1. The van der Waals surface area contributed by atoms with Crippen LogP contribution >= 0.6 is 0 Å². The van der Waals surface area contributed by atoms with Crippen molar-refractivity contribution in [3.63, 3.8) is 0 Å². The number of nitrogens with zero attached hydrogens (tertiary/aromatic N) is 3. The van der Waals surface area contributed by atoms with Gasteiger partial charge >= 0.3 is 5.97 Å². The molecule has 0 amide bonds. The molecule has 0 aliphatic carbocycles. The molecule has 4 rings (SSSR count). The van der Waals surface area contributed by atoms with Crippen molar-refractivity contribution in [2.45, 2.75) is 0 Å². The van der Waals surface area contributed by atoms with Gasteiger partial charge in [0.2, 0.25) is 5.90 Å². The Balaban J connectivity index is 1.59. The molecule has 3 N–H and O–H groups in total. The number of aliphatic imine (C=N–C) groups is 1. The number of cyclic esters (lactones) is 1. The summed E-state index contributed by atoms with van der Waals surface area (Å²) >= 11 is 0. The van der Waals surface area contributed by atoms with Gasteiger partial charge in [0.05, 0.1) is 0 Å². The fourth-order valence-electron chi connectivity index (χ4n) is 3.19. The molecule has 0 atom stereocenters. The molecule has 2 heterocycles. The minimum absolute atomic E-state index is 0.0776. The van der Waals surface area contributed by atoms with E-state index in [9.17, 15) is 4.79 Å². The van der Waals surface area contributed by atoms with Gasteiger partial charge in [-0.25, -0.2) is 9.79 Å². The molecule has 0 bridgehead atoms. The second kappa shape index (κ2) is 6.51. The summed E-state index contributed by atoms with van der Waals surface area (Å²) in [6, 6.07) is 13.8. The van der Waals surface area contributed by atoms with Crippen LogP contribution in [0, 0.1) is 5.41 Å². The number of nitrogens with two attached hydrogens (primary N) is 1. The van der Waals surface area contributed by atoms with E-state index in [0.29, 0.717) is 37.8 Å². The predicted octanol–water partition coefficient (Wildman–Crippen LogP) is 1.50. The number of nitrogens with one attached hydrogen (secondary N) is 1. The summed E-state index contributed by atoms with van der Waals surface area (Å²) < 4.78 is 5.42. The highest BCUT2D eigenvalue weighted by molar-refractivity contribution is 6.16. The first kappa shape index (κ1) is 16.1. The Kier molecular flexibility index (Phi) is 4.04. The van der Waals surface area contributed by atoms with Crippen molar-refractivity contribution in [1.29, 1.82) is 5.41 Å². The van der Waals surface area contributed by atoms with Gasteiger partial charge in [-0.2, -0.15) is 0 Å². The van der Waals surface area contributed by atoms with Gasteiger partial charge in [-0.3, -0.25) is 5.41 Å². The van der Waals surface area contributed by atoms with Gasteiger partial charge in [0, 0.05) is 37.9 Å². The van der Waals surface area contributed by atoms with Crippen molar-refractivity contribution in [3.8, 4) is 0 Å². The normalized spacial score (nSPS) is 19.0. The van der Waals surface area contributed by atoms with Crippen LogP contribution in [0.4, 0.5) is 0 Å². The quantitative estimate of drug-likeness (QED) is 0.371. The first-order valence-corrected chi connectivity index (χ1v) is 8.46. The third-order valence-corrected chi connectivity index (χ3v) is 4.60. The SMILES string of the molecule is N=C(N)N1CCN(/C=C2/N=C(c3cccc4ccccc34)OC2=O)CC1. The van der Waals surface area contributed by atoms with Crippen LogP contribution in [0.5, 0.6) is 0 Å². The molecule has 0 radical (unpaired) electrons. The molecule has 0 unspecified atom stereocenters. The number of fused-ring (bicyclic) bond motifs is 1. The summed E-state index contributed by atoms with van der Waals surface area (Å²) in [4.78, 5) is 20.5. The molecule has 7 nitrogen and oxygen atoms in total. The maximum absolute atomic E-state index is 12.2. The zero-order chi connectivity index (χ0) is 18.1. The molecule has 0 saturated carbocycles. The van der Waals surface area contributed by atoms with E-state index in [1.165, 1.54) is 0 Å². The summed E-state index contributed by atoms with van der Waals surface area (Å²) in [5.41, 5.74) is 6.61. The first-order valence-electron chi connectivity index (χ1n) is 8.46. The van der Waals surface area contributed by atoms with Crippen LogP contribution in [-0.4, -0.2) is 53.8 Å². The van der Waals surface area contributed by atoms with Crippen LogP contribution in [0.2, 0.25) is 0 Å². The monoisotopic (exact) mass is 349 g/mol. The first-order chi connectivity index (χ1) is 12.6. The number of benzene rings is 2. The number of hydrogen-bond donors (Lipinski definition) is 2. The minimum Gasteiger partial charge on any atom is -0.402 e. The highest BCUT2D eigenvalue weighted by Crippen LogP contribution is 2.24. The van der Waals surface area contributed by atoms with Gasteiger partial charge in [-0.15, -0.1) is 0 Å². The maximum Gasteiger partial charge on any atom is 0.365 e. The average Bonchev–Trinajstić information content (AvgIpc) is 3.02. The Morgan fingerprint density at radius 2 is 1.85 bits per heavy atom. The standard InChI is InChI=1S/C19H19N5O2/c20-19(21)24-10-8-23(9-11-24)12-16-18(25)26-17(22-16)15-7-3-5-13-4-1-2-6-14(13)15/h1-7,12H,8-11H2,(H3,20,21)/b16-12+. The number of carbonyl (C=O) groups excluding carboxylic acids is 1. The van der Waals surface area contributed by atoms with E-state index >= 15 is 0 Å². The average molecular weight is 349 g/mol. The fourth-order valence-corrected chi connectivity index (χ4v) is 3.19. The zero-order valence-corrected chi connectivity index (χ0v) is 14.2. The smallest absolute Gasteiger partial charge is 0.365 e. The van der Waals surface area contributed by atoms with Gasteiger partial charge in [-0.05, 0) is 16.8 Å². The lowest BCUT2D eigenvalue weighted by atomic mass is 10.0. The Bertz CT molecular complexity index is 937. The van der Waals surface area contributed by atoms with E-state index in [2.05, 4.69) is 4.99 Å². The third-order valence-electron chi connectivity index (χ3n) is 4.60. The number of piperazine rings is 1. The molecule has 2 aliphatic heterocycles. The van der Waals surface area contributed by atoms with Gasteiger partial charge < -0.3 is 20.3 Å². The number of guanidine groups is 1. The largest absolute Gasteiger partial charge is 0.402 e. The summed E-state index contributed by atoms with van der Waals surface area (Å²) in [7, 11) is 0. The number of hydrogen-bond acceptors (Lipinski definition) is 5. The van der Waals surface area contributed by atoms with Crippen LogP contribution in [0.3, 0.4) is 0 Å². The van der Waals surface area contributed by atoms with Gasteiger partial charge in [0.15, 0.2) is 11.7 Å². The maximum atomic E-state index is 12.2. The highest BCUT2D eigenvalue weighted by Gasteiger charge is 2.26. The van der Waals surface area contributed by atoms with Crippen LogP contribution < -0.4 is 5.73 Å². The highest BCUT2D eigenvalue weighted by atomic mass is 16.6. The topological polar surface area (TPSA) is 95.0 Å². The second-order valence-electron chi connectivity index (χ2n) is 6.26. The van der Waals surface area contributed by atoms with Crippen molar-refractivity contribution in [1.82, 2.24) is 9.80 Å². The summed E-state index contributed by atoms with van der Waals surface area (Å²) in [5, 5.41) is 9.54. The second-order valence-corrected chi connectivity index (χ2v) is 6.26. The fraction of sp³-hybridized carbons (Fsp3) is 0.211. The van der Waals surface area contributed by atoms with E-state index < -0.39 is 5.97 Å². The molecule has 2 aromatic rings. The Morgan fingerprint density at radius 3 is 2.62 bits per heavy atom. The molecule has 2 aromatic carbocycles. The molecule has 1 fully saturated rings. The van der Waals surface area contributed by atoms with Gasteiger partial charge in [0.1, 0.15) is 0 Å². The number of rotatable bonds is 2. The Hall–Kier alpha value is -3.35. The molecule has 132 valence electrons. The molecule has 0 aromatic heterocycles. The van der Waals surface area contributed by atoms with Crippen molar-refractivity contribution in [2.24, 2.45) is 10.7 Å². The van der Waals surface area contributed by atoms with E-state index in [4.69, 9.17) is 15.9 Å². The van der Waals surface area contributed by atoms with Crippen molar-refractivity contribution >= 4 is 28.6 Å². The molecule has 0 spiro atoms. The molecule has 26 heavy (non-hydrogen) atoms. The van der Waals surface area contributed by atoms with E-state index in [1.54, 1.807) is 11.1 Å². The predicted molar refractivity (Wildman–Crippen MR) is 99.7 cm³/mol. The summed E-state index contributed by atoms with van der Waals surface area (Å²) in [6.45, 7) is 2.65. The lowest BCUT2D eigenvalue weighted by molar-refractivity contribution is -0.130. The summed E-state index contributed by atoms with van der Waals surface area (Å²) in [5.74, 6) is -0.0313. The molecule has 1 saturated heterocycles. The lowest BCUT2D eigenvalue weighted by Gasteiger charge is -2.34. The molecule has 7 heteroatoms. The van der Waals surface area contributed by atoms with Crippen LogP contribution in [-0.2, 0) is 9.53 Å². The number of esters is 1. The lowest BCUT2D eigenvalue weighted by Crippen LogP contribution is -2.49. The molecular formula is C19H19N5O2. The van der Waals surface area contributed by atoms with Crippen LogP contribution in [0.25, 0.3) is 10.8 Å². The van der Waals surface area contributed by atoms with Crippen LogP contribution in [0.15, 0.2) is 59.4 Å². The Morgan fingerprint density at radius 1 is 1.12 bits per heavy atom. The number of carbonyl (C=O) groups is 1. The van der Waals surface area contributed by atoms with Crippen LogP contribution in [0.1, 0.15) is 5.56 Å². The zero-order valence-electron chi connectivity index (χ0n) is 14.2. The van der Waals surface area contributed by atoms with E-state index in [-0.39, 0.29) is 5.96 Å². The van der Waals surface area contributed by atoms with Gasteiger partial charge in [0.25, 0.3) is 0 Å². The summed E-state index contributed by atoms with van der Waals surface area (Å²) in [6.07, 6.45) is 1.73. The van der Waals surface area contributed by atoms with Gasteiger partial charge in [-0.1, -0.05) is 36.4 Å². The third kappa shape index (κ3) is 2.99.